The zero-order valence-corrected chi connectivity index (χ0v) is 11.5. The lowest BCUT2D eigenvalue weighted by molar-refractivity contribution is 0.0100. The van der Waals surface area contributed by atoms with Crippen LogP contribution in [0.1, 0.15) is 25.0 Å². The van der Waals surface area contributed by atoms with E-state index in [-0.39, 0.29) is 5.54 Å². The maximum Gasteiger partial charge on any atom is 0.0594 e. The predicted molar refractivity (Wildman–Crippen MR) is 74.5 cm³/mol. The zero-order chi connectivity index (χ0) is 13.2. The van der Waals surface area contributed by atoms with E-state index in [1.54, 1.807) is 0 Å². The number of hydrogen-bond acceptors (Lipinski definition) is 3. The number of ether oxygens (including phenoxy) is 1. The molecular formula is C15H22N2O. The second-order valence-corrected chi connectivity index (χ2v) is 5.40. The van der Waals surface area contributed by atoms with Crippen molar-refractivity contribution in [3.05, 3.63) is 35.4 Å². The Kier molecular flexibility index (Phi) is 3.83. The van der Waals surface area contributed by atoms with Gasteiger partial charge in [0.15, 0.2) is 0 Å². The predicted octanol–water partition coefficient (Wildman–Crippen LogP) is 2.47. The average molecular weight is 246 g/mol. The summed E-state index contributed by atoms with van der Waals surface area (Å²) in [6, 6.07) is 8.22. The highest BCUT2D eigenvalue weighted by atomic mass is 16.5. The molecule has 1 heterocycles. The summed E-state index contributed by atoms with van der Waals surface area (Å²) in [7, 11) is 0. The highest BCUT2D eigenvalue weighted by Crippen LogP contribution is 2.21. The third-order valence-electron chi connectivity index (χ3n) is 3.75. The Morgan fingerprint density at radius 2 is 1.72 bits per heavy atom. The van der Waals surface area contributed by atoms with Gasteiger partial charge in [0, 0.05) is 13.1 Å². The van der Waals surface area contributed by atoms with Crippen molar-refractivity contribution in [3.63, 3.8) is 0 Å². The molecule has 0 saturated carbocycles. The number of benzene rings is 1. The molecule has 3 heteroatoms. The van der Waals surface area contributed by atoms with Gasteiger partial charge in [-0.25, -0.2) is 0 Å². The summed E-state index contributed by atoms with van der Waals surface area (Å²) in [4.78, 5) is 2.33. The molecule has 1 aromatic rings. The summed E-state index contributed by atoms with van der Waals surface area (Å²) in [6.07, 6.45) is 0. The molecule has 0 unspecified atom stereocenters. The quantitative estimate of drug-likeness (QED) is 0.832. The van der Waals surface area contributed by atoms with E-state index in [2.05, 4.69) is 37.8 Å². The molecule has 0 amide bonds. The first-order valence-corrected chi connectivity index (χ1v) is 6.50. The van der Waals surface area contributed by atoms with Gasteiger partial charge in [-0.3, -0.25) is 4.90 Å². The van der Waals surface area contributed by atoms with Crippen molar-refractivity contribution in [2.24, 2.45) is 0 Å². The lowest BCUT2D eigenvalue weighted by Gasteiger charge is -2.41. The summed E-state index contributed by atoms with van der Waals surface area (Å²) in [5.41, 5.74) is 2.69. The first-order valence-electron chi connectivity index (χ1n) is 6.50. The van der Waals surface area contributed by atoms with Gasteiger partial charge in [-0.1, -0.05) is 29.8 Å². The maximum atomic E-state index is 8.46. The number of hydrogen-bond donors (Lipinski definition) is 1. The van der Waals surface area contributed by atoms with Gasteiger partial charge in [-0.05, 0) is 26.3 Å². The van der Waals surface area contributed by atoms with E-state index in [0.29, 0.717) is 5.71 Å². The molecule has 0 radical (unpaired) electrons. The van der Waals surface area contributed by atoms with Crippen LogP contribution in [0, 0.1) is 12.3 Å². The first-order chi connectivity index (χ1) is 8.51. The highest BCUT2D eigenvalue weighted by molar-refractivity contribution is 6.04. The average Bonchev–Trinajstić information content (AvgIpc) is 2.40. The van der Waals surface area contributed by atoms with E-state index in [4.69, 9.17) is 10.1 Å². The standard InChI is InChI=1S/C15H22N2O/c1-12-4-6-13(7-5-12)14(16)15(2,3)17-8-10-18-11-9-17/h4-7,16H,8-11H2,1-3H3. The molecule has 0 aliphatic carbocycles. The second kappa shape index (κ2) is 5.21. The van der Waals surface area contributed by atoms with Gasteiger partial charge >= 0.3 is 0 Å². The fourth-order valence-electron chi connectivity index (χ4n) is 2.35. The Balaban J connectivity index is 2.17. The molecule has 1 aromatic carbocycles. The van der Waals surface area contributed by atoms with Crippen LogP contribution in [-0.2, 0) is 4.74 Å². The minimum absolute atomic E-state index is 0.237. The zero-order valence-electron chi connectivity index (χ0n) is 11.5. The minimum Gasteiger partial charge on any atom is -0.379 e. The van der Waals surface area contributed by atoms with Crippen molar-refractivity contribution < 1.29 is 4.74 Å². The van der Waals surface area contributed by atoms with Crippen LogP contribution in [0.5, 0.6) is 0 Å². The van der Waals surface area contributed by atoms with Gasteiger partial charge < -0.3 is 10.1 Å². The van der Waals surface area contributed by atoms with E-state index in [1.165, 1.54) is 5.56 Å². The molecule has 98 valence electrons. The minimum atomic E-state index is -0.237. The van der Waals surface area contributed by atoms with Crippen LogP contribution >= 0.6 is 0 Å². The monoisotopic (exact) mass is 246 g/mol. The van der Waals surface area contributed by atoms with Gasteiger partial charge in [0.25, 0.3) is 0 Å². The first kappa shape index (κ1) is 13.2. The van der Waals surface area contributed by atoms with Crippen LogP contribution in [-0.4, -0.2) is 42.5 Å². The van der Waals surface area contributed by atoms with Crippen LogP contribution in [0.3, 0.4) is 0 Å². The Hall–Kier alpha value is -1.19. The molecule has 0 spiro atoms. The van der Waals surface area contributed by atoms with Crippen LogP contribution < -0.4 is 0 Å². The van der Waals surface area contributed by atoms with Gasteiger partial charge in [-0.2, -0.15) is 0 Å². The largest absolute Gasteiger partial charge is 0.379 e. The summed E-state index contributed by atoms with van der Waals surface area (Å²) in [5, 5.41) is 8.46. The number of nitrogens with zero attached hydrogens (tertiary/aromatic N) is 1. The number of aryl methyl sites for hydroxylation is 1. The van der Waals surface area contributed by atoms with Gasteiger partial charge in [0.1, 0.15) is 0 Å². The molecule has 1 N–H and O–H groups in total. The van der Waals surface area contributed by atoms with E-state index in [1.807, 2.05) is 12.1 Å². The molecule has 2 rings (SSSR count). The molecule has 1 aliphatic heterocycles. The Morgan fingerprint density at radius 3 is 2.28 bits per heavy atom. The van der Waals surface area contributed by atoms with Crippen molar-refractivity contribution in [2.75, 3.05) is 26.3 Å². The van der Waals surface area contributed by atoms with Crippen LogP contribution in [0.4, 0.5) is 0 Å². The van der Waals surface area contributed by atoms with E-state index in [9.17, 15) is 0 Å². The van der Waals surface area contributed by atoms with Crippen molar-refractivity contribution in [1.29, 1.82) is 5.41 Å². The third kappa shape index (κ3) is 2.62. The van der Waals surface area contributed by atoms with E-state index >= 15 is 0 Å². The topological polar surface area (TPSA) is 36.3 Å². The molecule has 1 saturated heterocycles. The Labute approximate surface area is 109 Å². The number of rotatable bonds is 3. The van der Waals surface area contributed by atoms with E-state index in [0.717, 1.165) is 31.9 Å². The SMILES string of the molecule is Cc1ccc(C(=N)C(C)(C)N2CCOCC2)cc1. The molecular weight excluding hydrogens is 224 g/mol. The lowest BCUT2D eigenvalue weighted by atomic mass is 9.89. The van der Waals surface area contributed by atoms with Crippen molar-refractivity contribution >= 4 is 5.71 Å². The third-order valence-corrected chi connectivity index (χ3v) is 3.75. The number of nitrogens with one attached hydrogen (secondary N) is 1. The van der Waals surface area contributed by atoms with Crippen molar-refractivity contribution in [1.82, 2.24) is 4.90 Å². The molecule has 18 heavy (non-hydrogen) atoms. The van der Waals surface area contributed by atoms with Crippen LogP contribution in [0.15, 0.2) is 24.3 Å². The Bertz CT molecular complexity index is 417. The summed E-state index contributed by atoms with van der Waals surface area (Å²) in [6.45, 7) is 9.67. The van der Waals surface area contributed by atoms with E-state index < -0.39 is 0 Å². The summed E-state index contributed by atoms with van der Waals surface area (Å²) >= 11 is 0. The smallest absolute Gasteiger partial charge is 0.0594 e. The van der Waals surface area contributed by atoms with Crippen molar-refractivity contribution in [2.45, 2.75) is 26.3 Å². The maximum absolute atomic E-state index is 8.46. The molecule has 3 nitrogen and oxygen atoms in total. The highest BCUT2D eigenvalue weighted by Gasteiger charge is 2.32. The molecule has 0 aromatic heterocycles. The Morgan fingerprint density at radius 1 is 1.17 bits per heavy atom. The molecule has 1 aliphatic rings. The molecule has 0 atom stereocenters. The number of morpholine rings is 1. The fraction of sp³-hybridized carbons (Fsp3) is 0.533. The van der Waals surface area contributed by atoms with Gasteiger partial charge in [0.2, 0.25) is 0 Å². The van der Waals surface area contributed by atoms with Crippen molar-refractivity contribution in [3.8, 4) is 0 Å². The normalized spacial score (nSPS) is 17.7. The molecule has 1 fully saturated rings. The second-order valence-electron chi connectivity index (χ2n) is 5.40. The van der Waals surface area contributed by atoms with Gasteiger partial charge in [0.05, 0.1) is 24.5 Å². The van der Waals surface area contributed by atoms with Gasteiger partial charge in [-0.15, -0.1) is 0 Å². The fourth-order valence-corrected chi connectivity index (χ4v) is 2.35. The summed E-state index contributed by atoms with van der Waals surface area (Å²) < 4.78 is 5.38. The lowest BCUT2D eigenvalue weighted by Crippen LogP contribution is -2.54. The molecule has 0 bridgehead atoms. The van der Waals surface area contributed by atoms with Crippen LogP contribution in [0.25, 0.3) is 0 Å². The summed E-state index contributed by atoms with van der Waals surface area (Å²) in [5.74, 6) is 0. The van der Waals surface area contributed by atoms with Crippen LogP contribution in [0.2, 0.25) is 0 Å².